The highest BCUT2D eigenvalue weighted by Gasteiger charge is 2.49. The first kappa shape index (κ1) is 33.0. The fraction of sp³-hybridized carbons (Fsp3) is 0.0256. The average Bonchev–Trinajstić information content (AvgIpc) is 3.13. The molecule has 0 aromatic heterocycles. The third kappa shape index (κ3) is 5.97. The summed E-state index contributed by atoms with van der Waals surface area (Å²) >= 11 is 0. The molecule has 0 fully saturated rings. The molecule has 6 aromatic rings. The fourth-order valence-electron chi connectivity index (χ4n) is 5.88. The zero-order valence-electron chi connectivity index (χ0n) is 26.0. The van der Waals surface area contributed by atoms with Crippen molar-refractivity contribution < 1.29 is 30.3 Å². The van der Waals surface area contributed by atoms with Crippen LogP contribution in [0.2, 0.25) is 0 Å². The quantitative estimate of drug-likeness (QED) is 0.0948. The maximum absolute atomic E-state index is 15.9. The first-order valence-electron chi connectivity index (χ1n) is 15.4. The molecule has 0 bridgehead atoms. The molecule has 248 valence electrons. The second kappa shape index (κ2) is 13.0. The van der Waals surface area contributed by atoms with E-state index in [9.17, 15) is 21.6 Å². The molecule has 0 unspecified atom stereocenters. The van der Waals surface area contributed by atoms with Gasteiger partial charge in [0.15, 0.2) is 12.9 Å². The van der Waals surface area contributed by atoms with E-state index in [0.29, 0.717) is 33.2 Å². The molecule has 11 heteroatoms. The number of benzene rings is 6. The largest absolute Gasteiger partial charge is 0.534 e. The zero-order chi connectivity index (χ0) is 34.9. The Hall–Kier alpha value is -5.57. The highest BCUT2D eigenvalue weighted by molar-refractivity contribution is 7.88. The molecule has 0 aliphatic carbocycles. The Labute approximate surface area is 286 Å². The molecule has 6 nitrogen and oxygen atoms in total. The Balaban J connectivity index is 1.64. The maximum Gasteiger partial charge on any atom is 0.534 e. The van der Waals surface area contributed by atoms with Crippen LogP contribution >= 0.6 is 7.14 Å². The first-order chi connectivity index (χ1) is 24.1. The third-order valence-corrected chi connectivity index (χ3v) is 12.2. The number of nitrogens with zero attached hydrogens (tertiary/aromatic N) is 2. The van der Waals surface area contributed by atoms with E-state index in [1.165, 1.54) is 6.07 Å². The minimum atomic E-state index is -6.13. The van der Waals surface area contributed by atoms with Crippen LogP contribution in [0.15, 0.2) is 168 Å². The van der Waals surface area contributed by atoms with Crippen molar-refractivity contribution in [1.29, 1.82) is 0 Å². The van der Waals surface area contributed by atoms with Crippen LogP contribution in [0.1, 0.15) is 11.1 Å². The lowest BCUT2D eigenvalue weighted by atomic mass is 9.95. The molecule has 0 N–H and O–H groups in total. The van der Waals surface area contributed by atoms with Gasteiger partial charge in [0, 0.05) is 32.6 Å². The molecule has 0 saturated heterocycles. The molecule has 6 aromatic carbocycles. The summed E-state index contributed by atoms with van der Waals surface area (Å²) in [5, 5.41) is 1.11. The summed E-state index contributed by atoms with van der Waals surface area (Å²) in [5.74, 6) is -0.643. The van der Waals surface area contributed by atoms with Gasteiger partial charge in [0.25, 0.3) is 0 Å². The summed E-state index contributed by atoms with van der Waals surface area (Å²) in [4.78, 5) is 10.1. The highest BCUT2D eigenvalue weighted by Crippen LogP contribution is 2.52. The van der Waals surface area contributed by atoms with Gasteiger partial charge < -0.3 is 8.75 Å². The van der Waals surface area contributed by atoms with Crippen molar-refractivity contribution in [1.82, 2.24) is 0 Å². The van der Waals surface area contributed by atoms with Gasteiger partial charge in [-0.1, -0.05) is 140 Å². The van der Waals surface area contributed by atoms with Crippen molar-refractivity contribution in [3.05, 3.63) is 169 Å². The molecule has 0 radical (unpaired) electrons. The van der Waals surface area contributed by atoms with Gasteiger partial charge >= 0.3 is 15.6 Å². The van der Waals surface area contributed by atoms with Crippen molar-refractivity contribution in [3.8, 4) is 16.9 Å². The van der Waals surface area contributed by atoms with E-state index in [1.807, 2.05) is 60.7 Å². The SMILES string of the molecule is O=P(c1ccccc1)(c1ccccc1)c1cccc2c1-c1c(cccc1OS(=O)(=O)C(F)(F)F)N=C(c1ccccc1)C(c1ccccc1)=N2. The predicted molar refractivity (Wildman–Crippen MR) is 192 cm³/mol. The number of fused-ring (bicyclic) bond motifs is 3. The third-order valence-electron chi connectivity index (χ3n) is 8.12. The van der Waals surface area contributed by atoms with Gasteiger partial charge in [-0.25, -0.2) is 9.98 Å². The number of aliphatic imine (C=N–C) groups is 2. The van der Waals surface area contributed by atoms with E-state index in [-0.39, 0.29) is 27.8 Å². The summed E-state index contributed by atoms with van der Waals surface area (Å²) in [6.07, 6.45) is 0. The van der Waals surface area contributed by atoms with E-state index in [2.05, 4.69) is 0 Å². The number of rotatable bonds is 7. The van der Waals surface area contributed by atoms with E-state index < -0.39 is 28.5 Å². The Morgan fingerprint density at radius 3 is 1.40 bits per heavy atom. The van der Waals surface area contributed by atoms with Gasteiger partial charge in [-0.3, -0.25) is 0 Å². The Kier molecular flexibility index (Phi) is 8.59. The molecule has 1 aliphatic rings. The number of hydrogen-bond acceptors (Lipinski definition) is 6. The first-order valence-corrected chi connectivity index (χ1v) is 18.5. The normalized spacial score (nSPS) is 13.2. The average molecular weight is 707 g/mol. The van der Waals surface area contributed by atoms with Crippen molar-refractivity contribution >= 4 is 56.0 Å². The monoisotopic (exact) mass is 706 g/mol. The van der Waals surface area contributed by atoms with E-state index in [4.69, 9.17) is 14.2 Å². The van der Waals surface area contributed by atoms with Crippen molar-refractivity contribution in [2.24, 2.45) is 9.98 Å². The molecule has 7 rings (SSSR count). The molecule has 0 atom stereocenters. The molecule has 1 aliphatic heterocycles. The van der Waals surface area contributed by atoms with Crippen LogP contribution in [-0.4, -0.2) is 25.3 Å². The van der Waals surface area contributed by atoms with Crippen LogP contribution in [-0.2, 0) is 14.7 Å². The summed E-state index contributed by atoms with van der Waals surface area (Å²) in [7, 11) is -9.97. The Bertz CT molecular complexity index is 2380. The molecule has 1 heterocycles. The lowest BCUT2D eigenvalue weighted by Crippen LogP contribution is -2.29. The summed E-state index contributed by atoms with van der Waals surface area (Å²) in [6, 6.07) is 44.8. The van der Waals surface area contributed by atoms with Gasteiger partial charge in [0.05, 0.1) is 28.4 Å². The summed E-state index contributed by atoms with van der Waals surface area (Å²) < 4.78 is 87.3. The molecular formula is C39H26F3N2O4PS. The van der Waals surface area contributed by atoms with Gasteiger partial charge in [-0.2, -0.15) is 21.6 Å². The summed E-state index contributed by atoms with van der Waals surface area (Å²) in [5.41, 5.74) is -3.26. The molecule has 0 saturated carbocycles. The number of halogens is 3. The van der Waals surface area contributed by atoms with E-state index in [1.54, 1.807) is 84.9 Å². The number of hydrogen-bond donors (Lipinski definition) is 0. The smallest absolute Gasteiger partial charge is 0.375 e. The minimum absolute atomic E-state index is 0.0865. The van der Waals surface area contributed by atoms with E-state index in [0.717, 1.165) is 6.07 Å². The van der Waals surface area contributed by atoms with Crippen molar-refractivity contribution in [3.63, 3.8) is 0 Å². The lowest BCUT2D eigenvalue weighted by molar-refractivity contribution is -0.0499. The van der Waals surface area contributed by atoms with Crippen molar-refractivity contribution in [2.45, 2.75) is 5.51 Å². The van der Waals surface area contributed by atoms with Crippen LogP contribution in [0.3, 0.4) is 0 Å². The Morgan fingerprint density at radius 2 is 0.940 bits per heavy atom. The molecule has 0 spiro atoms. The van der Waals surface area contributed by atoms with Crippen LogP contribution in [0.5, 0.6) is 5.75 Å². The maximum atomic E-state index is 15.9. The topological polar surface area (TPSA) is 85.2 Å². The van der Waals surface area contributed by atoms with Crippen LogP contribution < -0.4 is 20.1 Å². The molecular weight excluding hydrogens is 680 g/mol. The standard InChI is InChI=1S/C39H26F3N2O4PS/c40-39(41,42)50(46,47)48-33-25-13-23-31-35(33)36-32(44-38(28-17-7-2-8-18-28)37(43-31)27-15-5-1-6-16-27)24-14-26-34(36)49(45,29-19-9-3-10-20-29)30-21-11-4-12-22-30/h1-26H. The van der Waals surface area contributed by atoms with Crippen molar-refractivity contribution in [2.75, 3.05) is 0 Å². The van der Waals surface area contributed by atoms with Gasteiger partial charge in [-0.15, -0.1) is 0 Å². The second-order valence-corrected chi connectivity index (χ2v) is 15.5. The minimum Gasteiger partial charge on any atom is -0.375 e. The van der Waals surface area contributed by atoms with Gasteiger partial charge in [0.2, 0.25) is 0 Å². The van der Waals surface area contributed by atoms with Crippen LogP contribution in [0.4, 0.5) is 24.5 Å². The van der Waals surface area contributed by atoms with Gasteiger partial charge in [0.1, 0.15) is 0 Å². The second-order valence-electron chi connectivity index (χ2n) is 11.2. The number of alkyl halides is 3. The van der Waals surface area contributed by atoms with E-state index >= 15 is 4.57 Å². The zero-order valence-corrected chi connectivity index (χ0v) is 27.7. The highest BCUT2D eigenvalue weighted by atomic mass is 32.2. The van der Waals surface area contributed by atoms with Gasteiger partial charge in [-0.05, 0) is 18.2 Å². The van der Waals surface area contributed by atoms with Crippen LogP contribution in [0.25, 0.3) is 11.1 Å². The Morgan fingerprint density at radius 1 is 0.520 bits per heavy atom. The molecule has 50 heavy (non-hydrogen) atoms. The summed E-state index contributed by atoms with van der Waals surface area (Å²) in [6.45, 7) is 0. The molecule has 0 amide bonds. The fourth-order valence-corrected chi connectivity index (χ4v) is 9.23. The predicted octanol–water partition coefficient (Wildman–Crippen LogP) is 8.48. The van der Waals surface area contributed by atoms with Crippen LogP contribution in [0, 0.1) is 0 Å². The lowest BCUT2D eigenvalue weighted by Gasteiger charge is -2.26.